The first kappa shape index (κ1) is 16.9. The van der Waals surface area contributed by atoms with Gasteiger partial charge in [0.05, 0.1) is 29.6 Å². The average molecular weight is 375 g/mol. The molecule has 0 unspecified atom stereocenters. The van der Waals surface area contributed by atoms with Crippen LogP contribution in [0.1, 0.15) is 42.0 Å². The maximum atomic E-state index is 12.9. The highest BCUT2D eigenvalue weighted by Gasteiger charge is 2.35. The predicted octanol–water partition coefficient (Wildman–Crippen LogP) is 2.66. The van der Waals surface area contributed by atoms with Gasteiger partial charge in [-0.1, -0.05) is 13.3 Å². The molecule has 1 aliphatic rings. The fourth-order valence-electron chi connectivity index (χ4n) is 4.30. The molecule has 0 radical (unpaired) electrons. The zero-order chi connectivity index (χ0) is 19.1. The minimum Gasteiger partial charge on any atom is -0.345 e. The summed E-state index contributed by atoms with van der Waals surface area (Å²) in [5.74, 6) is 1.55. The molecule has 0 aromatic carbocycles. The van der Waals surface area contributed by atoms with Crippen molar-refractivity contribution in [1.29, 1.82) is 0 Å². The molecule has 8 nitrogen and oxygen atoms in total. The van der Waals surface area contributed by atoms with E-state index in [1.54, 1.807) is 12.4 Å². The molecule has 1 fully saturated rings. The highest BCUT2D eigenvalue weighted by Crippen LogP contribution is 2.35. The Labute approximate surface area is 161 Å². The summed E-state index contributed by atoms with van der Waals surface area (Å²) >= 11 is 0. The van der Waals surface area contributed by atoms with Crippen LogP contribution < -0.4 is 0 Å². The van der Waals surface area contributed by atoms with Crippen molar-refractivity contribution in [1.82, 2.24) is 34.2 Å². The normalized spacial score (nSPS) is 20.1. The van der Waals surface area contributed by atoms with Crippen LogP contribution in [0, 0.1) is 5.92 Å². The predicted molar refractivity (Wildman–Crippen MR) is 104 cm³/mol. The Bertz CT molecular complexity index is 1130. The van der Waals surface area contributed by atoms with Crippen LogP contribution in [0.5, 0.6) is 0 Å². The van der Waals surface area contributed by atoms with Crippen molar-refractivity contribution >= 4 is 22.6 Å². The first-order chi connectivity index (χ1) is 13.8. The Hall–Kier alpha value is -3.29. The van der Waals surface area contributed by atoms with Gasteiger partial charge in [-0.3, -0.25) is 14.2 Å². The number of H-pyrrole nitrogens is 1. The third-order valence-electron chi connectivity index (χ3n) is 5.77. The number of imidazole rings is 1. The summed E-state index contributed by atoms with van der Waals surface area (Å²) in [6.45, 7) is 3.57. The first-order valence-corrected chi connectivity index (χ1v) is 9.61. The van der Waals surface area contributed by atoms with Crippen molar-refractivity contribution in [3.63, 3.8) is 0 Å². The molecule has 0 bridgehead atoms. The second kappa shape index (κ2) is 6.70. The van der Waals surface area contributed by atoms with Gasteiger partial charge in [-0.25, -0.2) is 15.0 Å². The molecule has 4 aromatic heterocycles. The van der Waals surface area contributed by atoms with E-state index in [1.165, 1.54) is 6.20 Å². The number of rotatable bonds is 3. The van der Waals surface area contributed by atoms with Crippen molar-refractivity contribution in [3.05, 3.63) is 54.8 Å². The van der Waals surface area contributed by atoms with Gasteiger partial charge in [-0.05, 0) is 18.4 Å². The number of likely N-dealkylation sites (tertiary alicyclic amines) is 1. The van der Waals surface area contributed by atoms with Gasteiger partial charge in [0.15, 0.2) is 5.65 Å². The van der Waals surface area contributed by atoms with Crippen molar-refractivity contribution in [3.8, 4) is 0 Å². The third-order valence-corrected chi connectivity index (χ3v) is 5.77. The fraction of sp³-hybridized carbons (Fsp3) is 0.350. The number of nitrogens with zero attached hydrogens (tertiary/aromatic N) is 6. The first-order valence-electron chi connectivity index (χ1n) is 9.61. The number of aromatic amines is 1. The molecule has 8 heteroatoms. The number of nitrogens with one attached hydrogen (secondary N) is 1. The highest BCUT2D eigenvalue weighted by atomic mass is 16.2. The van der Waals surface area contributed by atoms with Gasteiger partial charge < -0.3 is 9.88 Å². The lowest BCUT2D eigenvalue weighted by Gasteiger charge is -2.37. The van der Waals surface area contributed by atoms with Crippen LogP contribution in [-0.4, -0.2) is 53.2 Å². The molecule has 0 spiro atoms. The number of piperidine rings is 1. The van der Waals surface area contributed by atoms with Gasteiger partial charge in [-0.2, -0.15) is 0 Å². The third kappa shape index (κ3) is 2.64. The van der Waals surface area contributed by atoms with Crippen LogP contribution in [0.4, 0.5) is 0 Å². The van der Waals surface area contributed by atoms with E-state index in [0.717, 1.165) is 41.9 Å². The van der Waals surface area contributed by atoms with Gasteiger partial charge in [0.1, 0.15) is 11.5 Å². The van der Waals surface area contributed by atoms with Gasteiger partial charge in [0, 0.05) is 37.6 Å². The van der Waals surface area contributed by atoms with Crippen LogP contribution in [-0.2, 0) is 0 Å². The lowest BCUT2D eigenvalue weighted by Crippen LogP contribution is -2.43. The summed E-state index contributed by atoms with van der Waals surface area (Å²) in [6, 6.07) is 2.02. The molecule has 0 saturated carbocycles. The number of fused-ring (bicyclic) bond motifs is 3. The van der Waals surface area contributed by atoms with E-state index in [0.29, 0.717) is 18.2 Å². The smallest absolute Gasteiger partial charge is 0.274 e. The summed E-state index contributed by atoms with van der Waals surface area (Å²) < 4.78 is 2.17. The van der Waals surface area contributed by atoms with Crippen LogP contribution in [0.25, 0.3) is 16.7 Å². The molecule has 1 saturated heterocycles. The summed E-state index contributed by atoms with van der Waals surface area (Å²) in [6.07, 6.45) is 12.3. The molecular formula is C20H21N7O. The largest absolute Gasteiger partial charge is 0.345 e. The summed E-state index contributed by atoms with van der Waals surface area (Å²) in [4.78, 5) is 35.4. The van der Waals surface area contributed by atoms with E-state index in [-0.39, 0.29) is 11.8 Å². The van der Waals surface area contributed by atoms with Crippen LogP contribution in [0.15, 0.2) is 43.2 Å². The summed E-state index contributed by atoms with van der Waals surface area (Å²) in [7, 11) is 0. The molecule has 4 aromatic rings. The zero-order valence-corrected chi connectivity index (χ0v) is 15.6. The molecule has 2 atom stereocenters. The molecule has 142 valence electrons. The number of carbonyl (C=O) groups is 1. The number of amides is 1. The van der Waals surface area contributed by atoms with E-state index >= 15 is 0 Å². The molecule has 0 aliphatic carbocycles. The van der Waals surface area contributed by atoms with Crippen molar-refractivity contribution in [2.24, 2.45) is 5.92 Å². The van der Waals surface area contributed by atoms with Gasteiger partial charge in [0.25, 0.3) is 5.91 Å². The number of hydrogen-bond donors (Lipinski definition) is 1. The van der Waals surface area contributed by atoms with Crippen molar-refractivity contribution < 1.29 is 4.79 Å². The van der Waals surface area contributed by atoms with E-state index in [1.807, 2.05) is 29.6 Å². The lowest BCUT2D eigenvalue weighted by molar-refractivity contribution is 0.0646. The second-order valence-corrected chi connectivity index (χ2v) is 7.25. The molecule has 28 heavy (non-hydrogen) atoms. The molecule has 1 aliphatic heterocycles. The highest BCUT2D eigenvalue weighted by molar-refractivity contribution is 5.92. The standard InChI is InChI=1S/C20H21N7O/c1-2-13-4-8-26(20(28)16-11-21-6-7-22-16)12-15(13)19-25-10-14-9-24-18-17(27(14)19)3-5-23-18/h3,5-7,9-11,13,15,23H,2,4,8,12H2,1H3/t13-,15+/m1/s1. The second-order valence-electron chi connectivity index (χ2n) is 7.25. The average Bonchev–Trinajstić information content (AvgIpc) is 3.39. The zero-order valence-electron chi connectivity index (χ0n) is 15.6. The lowest BCUT2D eigenvalue weighted by atomic mass is 9.83. The Morgan fingerprint density at radius 2 is 2.11 bits per heavy atom. The Balaban J connectivity index is 1.55. The minimum absolute atomic E-state index is 0.0676. The fourth-order valence-corrected chi connectivity index (χ4v) is 4.30. The summed E-state index contributed by atoms with van der Waals surface area (Å²) in [5.41, 5.74) is 3.20. The Morgan fingerprint density at radius 3 is 2.93 bits per heavy atom. The van der Waals surface area contributed by atoms with E-state index in [9.17, 15) is 4.79 Å². The SMILES string of the molecule is CC[C@@H]1CCN(C(=O)c2cnccn2)C[C@@H]1c1ncc2cnc3[nH]ccc3n12. The minimum atomic E-state index is -0.0676. The molecule has 1 N–H and O–H groups in total. The monoisotopic (exact) mass is 375 g/mol. The van der Waals surface area contributed by atoms with Crippen LogP contribution in [0.2, 0.25) is 0 Å². The Morgan fingerprint density at radius 1 is 1.21 bits per heavy atom. The molecule has 5 rings (SSSR count). The van der Waals surface area contributed by atoms with Gasteiger partial charge in [-0.15, -0.1) is 0 Å². The van der Waals surface area contributed by atoms with E-state index < -0.39 is 0 Å². The number of aromatic nitrogens is 6. The summed E-state index contributed by atoms with van der Waals surface area (Å²) in [5, 5.41) is 0. The maximum Gasteiger partial charge on any atom is 0.274 e. The van der Waals surface area contributed by atoms with Gasteiger partial charge in [0.2, 0.25) is 0 Å². The van der Waals surface area contributed by atoms with Gasteiger partial charge >= 0.3 is 0 Å². The molecule has 1 amide bonds. The van der Waals surface area contributed by atoms with Crippen molar-refractivity contribution in [2.75, 3.05) is 13.1 Å². The van der Waals surface area contributed by atoms with E-state index in [2.05, 4.69) is 31.3 Å². The van der Waals surface area contributed by atoms with E-state index in [4.69, 9.17) is 4.98 Å². The van der Waals surface area contributed by atoms with Crippen LogP contribution in [0.3, 0.4) is 0 Å². The molecular weight excluding hydrogens is 354 g/mol. The number of hydrogen-bond acceptors (Lipinski definition) is 5. The quantitative estimate of drug-likeness (QED) is 0.594. The van der Waals surface area contributed by atoms with Crippen molar-refractivity contribution in [2.45, 2.75) is 25.7 Å². The molecule has 5 heterocycles. The maximum absolute atomic E-state index is 12.9. The topological polar surface area (TPSA) is 92.1 Å². The number of carbonyl (C=O) groups excluding carboxylic acids is 1. The van der Waals surface area contributed by atoms with Crippen LogP contribution >= 0.6 is 0 Å². The Kier molecular flexibility index (Phi) is 4.03.